The Balaban J connectivity index is 1.93. The summed E-state index contributed by atoms with van der Waals surface area (Å²) in [5, 5.41) is 3.94. The first-order chi connectivity index (χ1) is 9.24. The molecule has 0 atom stereocenters. The molecule has 3 rings (SSSR count). The first-order valence-corrected chi connectivity index (χ1v) is 6.32. The molecule has 0 fully saturated rings. The third kappa shape index (κ3) is 2.36. The monoisotopic (exact) mass is 258 g/mol. The molecule has 0 amide bonds. The second-order valence-corrected chi connectivity index (χ2v) is 4.74. The van der Waals surface area contributed by atoms with Gasteiger partial charge in [-0.3, -0.25) is 4.98 Å². The lowest BCUT2D eigenvalue weighted by Crippen LogP contribution is -2.24. The van der Waals surface area contributed by atoms with Gasteiger partial charge in [0.05, 0.1) is 6.20 Å². The van der Waals surface area contributed by atoms with Crippen molar-refractivity contribution in [3.63, 3.8) is 0 Å². The largest absolute Gasteiger partial charge is 0.350 e. The van der Waals surface area contributed by atoms with Crippen LogP contribution in [-0.4, -0.2) is 21.5 Å². The van der Waals surface area contributed by atoms with E-state index in [0.717, 1.165) is 36.1 Å². The van der Waals surface area contributed by atoms with E-state index in [2.05, 4.69) is 21.6 Å². The third-order valence-corrected chi connectivity index (χ3v) is 3.38. The van der Waals surface area contributed by atoms with Crippen molar-refractivity contribution in [2.24, 2.45) is 0 Å². The fourth-order valence-electron chi connectivity index (χ4n) is 2.41. The van der Waals surface area contributed by atoms with Gasteiger partial charge in [0.15, 0.2) is 5.82 Å². The van der Waals surface area contributed by atoms with Crippen molar-refractivity contribution in [2.75, 3.05) is 11.4 Å². The SMILES string of the molecule is C=C1CCCN(Cc2ccncc2)c2nn(F)cc21. The van der Waals surface area contributed by atoms with Crippen molar-refractivity contribution < 1.29 is 4.48 Å². The number of nitrogens with zero attached hydrogens (tertiary/aromatic N) is 4. The first-order valence-electron chi connectivity index (χ1n) is 6.32. The van der Waals surface area contributed by atoms with Gasteiger partial charge in [0.25, 0.3) is 0 Å². The molecule has 2 aromatic heterocycles. The Hall–Kier alpha value is -2.17. The predicted octanol–water partition coefficient (Wildman–Crippen LogP) is 2.82. The normalized spacial score (nSPS) is 15.2. The zero-order valence-corrected chi connectivity index (χ0v) is 10.6. The van der Waals surface area contributed by atoms with Crippen molar-refractivity contribution in [1.29, 1.82) is 0 Å². The van der Waals surface area contributed by atoms with Crippen LogP contribution in [0.25, 0.3) is 5.57 Å². The van der Waals surface area contributed by atoms with E-state index in [0.29, 0.717) is 17.3 Å². The molecular weight excluding hydrogens is 243 g/mol. The Kier molecular flexibility index (Phi) is 3.03. The van der Waals surface area contributed by atoms with Gasteiger partial charge >= 0.3 is 0 Å². The summed E-state index contributed by atoms with van der Waals surface area (Å²) in [4.78, 5) is 6.48. The number of pyridine rings is 1. The van der Waals surface area contributed by atoms with Gasteiger partial charge in [0.2, 0.25) is 0 Å². The number of rotatable bonds is 2. The topological polar surface area (TPSA) is 34.0 Å². The van der Waals surface area contributed by atoms with Gasteiger partial charge in [-0.15, -0.1) is 10.0 Å². The van der Waals surface area contributed by atoms with Crippen LogP contribution in [0.5, 0.6) is 0 Å². The molecule has 0 radical (unpaired) electrons. The molecule has 1 aliphatic heterocycles. The summed E-state index contributed by atoms with van der Waals surface area (Å²) >= 11 is 0. The minimum absolute atomic E-state index is 0.376. The van der Waals surface area contributed by atoms with Crippen LogP contribution < -0.4 is 4.90 Å². The van der Waals surface area contributed by atoms with E-state index < -0.39 is 0 Å². The molecule has 0 aromatic carbocycles. The predicted molar refractivity (Wildman–Crippen MR) is 72.3 cm³/mol. The van der Waals surface area contributed by atoms with Crippen molar-refractivity contribution in [3.05, 3.63) is 48.4 Å². The highest BCUT2D eigenvalue weighted by atomic mass is 19.2. The lowest BCUT2D eigenvalue weighted by atomic mass is 10.1. The van der Waals surface area contributed by atoms with E-state index in [9.17, 15) is 4.48 Å². The number of hydrogen-bond donors (Lipinski definition) is 0. The fraction of sp³-hybridized carbons (Fsp3) is 0.286. The van der Waals surface area contributed by atoms with Crippen molar-refractivity contribution in [2.45, 2.75) is 19.4 Å². The van der Waals surface area contributed by atoms with Crippen LogP contribution in [0.15, 0.2) is 37.3 Å². The molecule has 0 saturated heterocycles. The van der Waals surface area contributed by atoms with Crippen LogP contribution in [0, 0.1) is 0 Å². The van der Waals surface area contributed by atoms with Gasteiger partial charge in [-0.2, -0.15) is 0 Å². The summed E-state index contributed by atoms with van der Waals surface area (Å²) < 4.78 is 13.3. The first kappa shape index (κ1) is 11.9. The number of allylic oxidation sites excluding steroid dienone is 1. The maximum absolute atomic E-state index is 13.3. The van der Waals surface area contributed by atoms with Crippen molar-refractivity contribution in [3.8, 4) is 0 Å². The molecule has 0 aliphatic carbocycles. The molecule has 3 heterocycles. The average Bonchev–Trinajstić information content (AvgIpc) is 2.75. The zero-order chi connectivity index (χ0) is 13.2. The van der Waals surface area contributed by atoms with Gasteiger partial charge in [-0.25, -0.2) is 0 Å². The minimum Gasteiger partial charge on any atom is -0.350 e. The van der Waals surface area contributed by atoms with Crippen LogP contribution in [0.1, 0.15) is 24.0 Å². The summed E-state index contributed by atoms with van der Waals surface area (Å²) in [6, 6.07) is 3.93. The van der Waals surface area contributed by atoms with E-state index in [1.54, 1.807) is 12.4 Å². The van der Waals surface area contributed by atoms with Crippen LogP contribution in [-0.2, 0) is 6.54 Å². The third-order valence-electron chi connectivity index (χ3n) is 3.38. The number of halogens is 1. The summed E-state index contributed by atoms with van der Waals surface area (Å²) in [5.41, 5.74) is 2.91. The second-order valence-electron chi connectivity index (χ2n) is 4.74. The summed E-state index contributed by atoms with van der Waals surface area (Å²) in [6.45, 7) is 5.57. The maximum atomic E-state index is 13.3. The number of hydrogen-bond acceptors (Lipinski definition) is 3. The van der Waals surface area contributed by atoms with Gasteiger partial charge in [-0.05, 0) is 36.1 Å². The van der Waals surface area contributed by atoms with Gasteiger partial charge < -0.3 is 4.90 Å². The molecule has 0 saturated carbocycles. The molecule has 2 aromatic rings. The smallest absolute Gasteiger partial charge is 0.161 e. The number of fused-ring (bicyclic) bond motifs is 1. The van der Waals surface area contributed by atoms with Gasteiger partial charge in [0.1, 0.15) is 0 Å². The van der Waals surface area contributed by atoms with Crippen molar-refractivity contribution in [1.82, 2.24) is 15.0 Å². The Bertz CT molecular complexity index is 591. The molecule has 98 valence electrons. The lowest BCUT2D eigenvalue weighted by molar-refractivity contribution is 0.316. The maximum Gasteiger partial charge on any atom is 0.161 e. The molecule has 0 spiro atoms. The standard InChI is InChI=1S/C14H15FN4/c1-11-3-2-8-18(9-12-4-6-16-7-5-12)14-13(11)10-19(15)17-14/h4-7,10H,1-3,8-9H2. The fourth-order valence-corrected chi connectivity index (χ4v) is 2.41. The van der Waals surface area contributed by atoms with Crippen molar-refractivity contribution >= 4 is 11.4 Å². The molecule has 0 N–H and O–H groups in total. The Morgan fingerprint density at radius 2 is 2.11 bits per heavy atom. The second kappa shape index (κ2) is 4.84. The van der Waals surface area contributed by atoms with Crippen LogP contribution in [0.2, 0.25) is 0 Å². The highest BCUT2D eigenvalue weighted by Gasteiger charge is 2.21. The Morgan fingerprint density at radius 3 is 2.89 bits per heavy atom. The number of anilines is 1. The van der Waals surface area contributed by atoms with Crippen LogP contribution in [0.3, 0.4) is 0 Å². The Morgan fingerprint density at radius 1 is 1.32 bits per heavy atom. The zero-order valence-electron chi connectivity index (χ0n) is 10.6. The molecule has 5 heteroatoms. The van der Waals surface area contributed by atoms with E-state index in [-0.39, 0.29) is 0 Å². The van der Waals surface area contributed by atoms with Crippen LogP contribution in [0.4, 0.5) is 10.3 Å². The van der Waals surface area contributed by atoms with E-state index in [1.807, 2.05) is 12.1 Å². The van der Waals surface area contributed by atoms with E-state index in [4.69, 9.17) is 0 Å². The molecule has 19 heavy (non-hydrogen) atoms. The highest BCUT2D eigenvalue weighted by Crippen LogP contribution is 2.32. The average molecular weight is 258 g/mol. The summed E-state index contributed by atoms with van der Waals surface area (Å²) in [5.74, 6) is 0.682. The van der Waals surface area contributed by atoms with Crippen LogP contribution >= 0.6 is 0 Å². The van der Waals surface area contributed by atoms with E-state index in [1.165, 1.54) is 6.20 Å². The molecule has 0 unspecified atom stereocenters. The van der Waals surface area contributed by atoms with Gasteiger partial charge in [-0.1, -0.05) is 11.1 Å². The molecule has 4 nitrogen and oxygen atoms in total. The molecule has 1 aliphatic rings. The number of aromatic nitrogens is 3. The molecule has 0 bridgehead atoms. The van der Waals surface area contributed by atoms with E-state index >= 15 is 0 Å². The molecular formula is C14H15FN4. The quantitative estimate of drug-likeness (QED) is 0.830. The summed E-state index contributed by atoms with van der Waals surface area (Å²) in [7, 11) is 0. The minimum atomic E-state index is 0.376. The Labute approximate surface area is 111 Å². The highest BCUT2D eigenvalue weighted by molar-refractivity contribution is 5.74. The summed E-state index contributed by atoms with van der Waals surface area (Å²) in [6.07, 6.45) is 6.82. The van der Waals surface area contributed by atoms with Gasteiger partial charge in [0, 0.05) is 31.0 Å². The lowest BCUT2D eigenvalue weighted by Gasteiger charge is -2.21.